The van der Waals surface area contributed by atoms with Crippen LogP contribution in [0, 0.1) is 11.3 Å². The molecule has 0 aliphatic heterocycles. The van der Waals surface area contributed by atoms with E-state index in [1.807, 2.05) is 6.07 Å². The van der Waals surface area contributed by atoms with Gasteiger partial charge in [-0.1, -0.05) is 31.5 Å². The monoisotopic (exact) mass is 207 g/mol. The summed E-state index contributed by atoms with van der Waals surface area (Å²) in [5.74, 6) is 1.55. The van der Waals surface area contributed by atoms with E-state index in [-0.39, 0.29) is 0 Å². The number of nitrogens with zero attached hydrogens (tertiary/aromatic N) is 1. The maximum Gasteiger partial charge on any atom is 0.129 e. The molecule has 1 fully saturated rings. The summed E-state index contributed by atoms with van der Waals surface area (Å²) >= 11 is 5.90. The molecule has 0 unspecified atom stereocenters. The van der Waals surface area contributed by atoms with Crippen molar-refractivity contribution in [2.45, 2.75) is 32.6 Å². The number of aromatic nitrogens is 1. The smallest absolute Gasteiger partial charge is 0.129 e. The number of halogens is 1. The van der Waals surface area contributed by atoms with Gasteiger partial charge in [-0.3, -0.25) is 0 Å². The predicted molar refractivity (Wildman–Crippen MR) is 57.6 cm³/mol. The third-order valence-electron chi connectivity index (χ3n) is 4.26. The van der Waals surface area contributed by atoms with E-state index in [1.165, 1.54) is 17.7 Å². The van der Waals surface area contributed by atoms with Crippen molar-refractivity contribution in [3.05, 3.63) is 28.5 Å². The van der Waals surface area contributed by atoms with Gasteiger partial charge < -0.3 is 0 Å². The van der Waals surface area contributed by atoms with E-state index in [0.29, 0.717) is 10.6 Å². The van der Waals surface area contributed by atoms with Crippen LogP contribution in [-0.4, -0.2) is 4.98 Å². The van der Waals surface area contributed by atoms with Gasteiger partial charge >= 0.3 is 0 Å². The molecule has 1 aromatic rings. The number of hydrogen-bond acceptors (Lipinski definition) is 1. The molecule has 14 heavy (non-hydrogen) atoms. The summed E-state index contributed by atoms with van der Waals surface area (Å²) in [5.41, 5.74) is 3.18. The van der Waals surface area contributed by atoms with Crippen molar-refractivity contribution < 1.29 is 0 Å². The largest absolute Gasteiger partial charge is 0.241 e. The SMILES string of the molecule is CC1(C)[C@@H]2Cc3nc(Cl)ccc3[C@H]1C2. The molecule has 2 bridgehead atoms. The summed E-state index contributed by atoms with van der Waals surface area (Å²) in [6.07, 6.45) is 2.47. The van der Waals surface area contributed by atoms with E-state index in [4.69, 9.17) is 11.6 Å². The topological polar surface area (TPSA) is 12.9 Å². The highest BCUT2D eigenvalue weighted by Crippen LogP contribution is 2.61. The molecule has 4 rings (SSSR count). The average Bonchev–Trinajstić information content (AvgIpc) is 2.16. The molecular weight excluding hydrogens is 194 g/mol. The maximum atomic E-state index is 5.90. The Kier molecular flexibility index (Phi) is 1.57. The van der Waals surface area contributed by atoms with Gasteiger partial charge in [0.2, 0.25) is 0 Å². The standard InChI is InChI=1S/C12H14ClN/c1-12(2)7-5-9(12)8-3-4-11(13)14-10(8)6-7/h3-4,7,9H,5-6H2,1-2H3/t7-,9+/m0/s1. The lowest BCUT2D eigenvalue weighted by molar-refractivity contribution is 0.0169. The van der Waals surface area contributed by atoms with Crippen molar-refractivity contribution in [3.63, 3.8) is 0 Å². The van der Waals surface area contributed by atoms with Gasteiger partial charge in [-0.05, 0) is 41.7 Å². The second-order valence-corrected chi connectivity index (χ2v) is 5.57. The highest BCUT2D eigenvalue weighted by atomic mass is 35.5. The number of rotatable bonds is 0. The fourth-order valence-electron chi connectivity index (χ4n) is 3.09. The summed E-state index contributed by atoms with van der Waals surface area (Å²) in [6, 6.07) is 4.10. The Labute approximate surface area is 89.5 Å². The van der Waals surface area contributed by atoms with Crippen LogP contribution in [0.25, 0.3) is 0 Å². The minimum atomic E-state index is 0.489. The van der Waals surface area contributed by atoms with E-state index < -0.39 is 0 Å². The van der Waals surface area contributed by atoms with Crippen molar-refractivity contribution in [2.75, 3.05) is 0 Å². The molecule has 3 aliphatic carbocycles. The van der Waals surface area contributed by atoms with Gasteiger partial charge in [0.25, 0.3) is 0 Å². The lowest BCUT2D eigenvalue weighted by Crippen LogP contribution is -2.48. The first kappa shape index (κ1) is 8.72. The van der Waals surface area contributed by atoms with Gasteiger partial charge in [-0.25, -0.2) is 4.98 Å². The normalized spacial score (nSPS) is 31.9. The third kappa shape index (κ3) is 0.939. The molecule has 1 nitrogen and oxygen atoms in total. The van der Waals surface area contributed by atoms with Crippen LogP contribution in [0.2, 0.25) is 5.15 Å². The molecule has 0 N–H and O–H groups in total. The second-order valence-electron chi connectivity index (χ2n) is 5.18. The Balaban J connectivity index is 2.11. The minimum absolute atomic E-state index is 0.489. The molecule has 0 aromatic carbocycles. The lowest BCUT2D eigenvalue weighted by Gasteiger charge is -2.56. The van der Waals surface area contributed by atoms with E-state index in [9.17, 15) is 0 Å². The summed E-state index contributed by atoms with van der Waals surface area (Å²) in [7, 11) is 0. The Morgan fingerprint density at radius 1 is 1.43 bits per heavy atom. The van der Waals surface area contributed by atoms with Crippen LogP contribution in [0.3, 0.4) is 0 Å². The highest BCUT2D eigenvalue weighted by molar-refractivity contribution is 6.29. The first-order valence-corrected chi connectivity index (χ1v) is 5.62. The lowest BCUT2D eigenvalue weighted by atomic mass is 9.48. The van der Waals surface area contributed by atoms with Crippen molar-refractivity contribution in [2.24, 2.45) is 11.3 Å². The van der Waals surface area contributed by atoms with Crippen molar-refractivity contribution in [1.29, 1.82) is 0 Å². The van der Waals surface area contributed by atoms with Crippen LogP contribution >= 0.6 is 11.6 Å². The zero-order chi connectivity index (χ0) is 9.92. The zero-order valence-electron chi connectivity index (χ0n) is 8.55. The second kappa shape index (κ2) is 2.52. The molecule has 0 amide bonds. The fourth-order valence-corrected chi connectivity index (χ4v) is 3.25. The van der Waals surface area contributed by atoms with Crippen molar-refractivity contribution >= 4 is 11.6 Å². The van der Waals surface area contributed by atoms with Gasteiger partial charge in [0.15, 0.2) is 0 Å². The van der Waals surface area contributed by atoms with Gasteiger partial charge in [0.1, 0.15) is 5.15 Å². The highest BCUT2D eigenvalue weighted by Gasteiger charge is 2.52. The first-order chi connectivity index (χ1) is 6.59. The molecule has 1 heterocycles. The predicted octanol–water partition coefficient (Wildman–Crippen LogP) is 3.42. The van der Waals surface area contributed by atoms with Crippen LogP contribution in [-0.2, 0) is 6.42 Å². The Morgan fingerprint density at radius 2 is 2.21 bits per heavy atom. The third-order valence-corrected chi connectivity index (χ3v) is 4.47. The summed E-state index contributed by atoms with van der Waals surface area (Å²) in [6.45, 7) is 4.76. The van der Waals surface area contributed by atoms with E-state index in [2.05, 4.69) is 24.9 Å². The summed E-state index contributed by atoms with van der Waals surface area (Å²) in [5, 5.41) is 0.642. The Bertz CT molecular complexity index is 397. The first-order valence-electron chi connectivity index (χ1n) is 5.24. The minimum Gasteiger partial charge on any atom is -0.241 e. The van der Waals surface area contributed by atoms with Gasteiger partial charge in [-0.2, -0.15) is 0 Å². The van der Waals surface area contributed by atoms with E-state index in [0.717, 1.165) is 18.3 Å². The van der Waals surface area contributed by atoms with Crippen molar-refractivity contribution in [3.8, 4) is 0 Å². The quantitative estimate of drug-likeness (QED) is 0.594. The fraction of sp³-hybridized carbons (Fsp3) is 0.583. The van der Waals surface area contributed by atoms with E-state index in [1.54, 1.807) is 0 Å². The molecule has 0 saturated heterocycles. The Morgan fingerprint density at radius 3 is 2.93 bits per heavy atom. The van der Waals surface area contributed by atoms with Gasteiger partial charge in [0, 0.05) is 5.69 Å². The van der Waals surface area contributed by atoms with Crippen LogP contribution in [0.4, 0.5) is 0 Å². The summed E-state index contributed by atoms with van der Waals surface area (Å²) in [4.78, 5) is 4.43. The molecule has 74 valence electrons. The van der Waals surface area contributed by atoms with Gasteiger partial charge in [-0.15, -0.1) is 0 Å². The molecular formula is C12H14ClN. The van der Waals surface area contributed by atoms with Gasteiger partial charge in [0.05, 0.1) is 0 Å². The maximum absolute atomic E-state index is 5.90. The molecule has 1 aromatic heterocycles. The van der Waals surface area contributed by atoms with Crippen molar-refractivity contribution in [1.82, 2.24) is 4.98 Å². The molecule has 2 heteroatoms. The number of hydrogen-bond donors (Lipinski definition) is 0. The van der Waals surface area contributed by atoms with Crippen LogP contribution in [0.5, 0.6) is 0 Å². The number of pyridine rings is 1. The molecule has 3 aliphatic rings. The van der Waals surface area contributed by atoms with E-state index >= 15 is 0 Å². The molecule has 0 spiro atoms. The summed E-state index contributed by atoms with van der Waals surface area (Å²) < 4.78 is 0. The Hall–Kier alpha value is -0.560. The molecule has 0 radical (unpaired) electrons. The molecule has 2 atom stereocenters. The average molecular weight is 208 g/mol. The van der Waals surface area contributed by atoms with Crippen LogP contribution in [0.1, 0.15) is 37.4 Å². The van der Waals surface area contributed by atoms with Crippen LogP contribution < -0.4 is 0 Å². The zero-order valence-corrected chi connectivity index (χ0v) is 9.30. The van der Waals surface area contributed by atoms with Crippen LogP contribution in [0.15, 0.2) is 12.1 Å². The molecule has 1 saturated carbocycles.